The first-order valence-electron chi connectivity index (χ1n) is 4.97. The number of carbonyl (C=O) groups excluding carboxylic acids is 1. The van der Waals surface area contributed by atoms with Crippen molar-refractivity contribution in [1.82, 2.24) is 9.97 Å². The summed E-state index contributed by atoms with van der Waals surface area (Å²) in [6.45, 7) is 1.59. The first-order valence-corrected chi connectivity index (χ1v) is 6.67. The molecule has 0 aliphatic heterocycles. The van der Waals surface area contributed by atoms with E-state index in [1.54, 1.807) is 18.6 Å². The van der Waals surface area contributed by atoms with Gasteiger partial charge in [0.2, 0.25) is 0 Å². The van der Waals surface area contributed by atoms with Crippen LogP contribution in [0.1, 0.15) is 20.2 Å². The van der Waals surface area contributed by atoms with Crippen molar-refractivity contribution in [3.8, 4) is 11.8 Å². The van der Waals surface area contributed by atoms with Gasteiger partial charge in [-0.1, -0.05) is 23.2 Å². The van der Waals surface area contributed by atoms with Crippen LogP contribution in [0.15, 0.2) is 11.7 Å². The zero-order valence-electron chi connectivity index (χ0n) is 9.43. The minimum atomic E-state index is -0.217. The maximum atomic E-state index is 11.9. The Bertz CT molecular complexity index is 622. The monoisotopic (exact) mass is 279 g/mol. The second-order valence-electron chi connectivity index (χ2n) is 3.21. The third kappa shape index (κ3) is 2.92. The van der Waals surface area contributed by atoms with E-state index in [4.69, 9.17) is 5.11 Å². The predicted octanol–water partition coefficient (Wildman–Crippen LogP) is 1.50. The lowest BCUT2D eigenvalue weighted by Crippen LogP contribution is -2.11. The molecule has 0 aliphatic rings. The minimum Gasteiger partial charge on any atom is -0.384 e. The summed E-state index contributed by atoms with van der Waals surface area (Å²) in [6, 6.07) is 0. The second kappa shape index (κ2) is 5.73. The van der Waals surface area contributed by atoms with E-state index in [-0.39, 0.29) is 12.5 Å². The number of anilines is 1. The number of aryl methyl sites for hydroxylation is 1. The van der Waals surface area contributed by atoms with Gasteiger partial charge in [-0.2, -0.15) is 0 Å². The molecule has 0 unspecified atom stereocenters. The van der Waals surface area contributed by atoms with E-state index < -0.39 is 0 Å². The van der Waals surface area contributed by atoms with Gasteiger partial charge < -0.3 is 5.11 Å². The normalized spacial score (nSPS) is 9.67. The van der Waals surface area contributed by atoms with Crippen molar-refractivity contribution in [2.24, 2.45) is 0 Å². The summed E-state index contributed by atoms with van der Waals surface area (Å²) < 4.78 is 0. The number of hydrogen-bond acceptors (Lipinski definition) is 6. The highest BCUT2D eigenvalue weighted by Crippen LogP contribution is 2.19. The highest BCUT2D eigenvalue weighted by atomic mass is 32.1. The van der Waals surface area contributed by atoms with Crippen molar-refractivity contribution in [3.63, 3.8) is 0 Å². The largest absolute Gasteiger partial charge is 0.384 e. The van der Waals surface area contributed by atoms with Crippen LogP contribution < -0.4 is 5.32 Å². The third-order valence-electron chi connectivity index (χ3n) is 1.97. The number of hydrogen-bond donors (Lipinski definition) is 2. The van der Waals surface area contributed by atoms with E-state index in [2.05, 4.69) is 27.1 Å². The number of aromatic nitrogens is 2. The predicted molar refractivity (Wildman–Crippen MR) is 70.9 cm³/mol. The summed E-state index contributed by atoms with van der Waals surface area (Å²) in [5.74, 6) is 5.04. The first kappa shape index (κ1) is 12.7. The molecule has 2 heterocycles. The van der Waals surface area contributed by atoms with E-state index in [9.17, 15) is 4.79 Å². The average molecular weight is 279 g/mol. The van der Waals surface area contributed by atoms with Crippen molar-refractivity contribution in [2.75, 3.05) is 11.9 Å². The van der Waals surface area contributed by atoms with Gasteiger partial charge >= 0.3 is 0 Å². The van der Waals surface area contributed by atoms with E-state index in [0.717, 1.165) is 0 Å². The van der Waals surface area contributed by atoms with E-state index in [1.807, 2.05) is 0 Å². The number of thiazole rings is 2. The summed E-state index contributed by atoms with van der Waals surface area (Å²) in [6.07, 6.45) is 1.56. The smallest absolute Gasteiger partial charge is 0.269 e. The molecule has 18 heavy (non-hydrogen) atoms. The molecule has 2 N–H and O–H groups in total. The maximum Gasteiger partial charge on any atom is 0.269 e. The van der Waals surface area contributed by atoms with Crippen LogP contribution in [0, 0.1) is 18.8 Å². The number of rotatable bonds is 2. The minimum absolute atomic E-state index is 0.195. The molecule has 0 bridgehead atoms. The number of aliphatic hydroxyl groups excluding tert-OH is 1. The van der Waals surface area contributed by atoms with Gasteiger partial charge in [0.25, 0.3) is 5.91 Å². The van der Waals surface area contributed by atoms with Crippen molar-refractivity contribution < 1.29 is 9.90 Å². The molecule has 5 nitrogen and oxygen atoms in total. The molecule has 0 spiro atoms. The molecule has 92 valence electrons. The Morgan fingerprint density at radius 3 is 3.06 bits per heavy atom. The SMILES string of the molecule is Cc1ncsc1C(=O)Nc1ncc(C#CCO)s1. The quantitative estimate of drug-likeness (QED) is 0.817. The van der Waals surface area contributed by atoms with Crippen LogP contribution in [0.3, 0.4) is 0 Å². The summed E-state index contributed by atoms with van der Waals surface area (Å²) in [5, 5.41) is 11.7. The first-order chi connectivity index (χ1) is 8.70. The summed E-state index contributed by atoms with van der Waals surface area (Å²) in [7, 11) is 0. The van der Waals surface area contributed by atoms with Crippen LogP contribution in [-0.4, -0.2) is 27.6 Å². The summed E-state index contributed by atoms with van der Waals surface area (Å²) in [4.78, 5) is 21.2. The molecule has 0 aliphatic carbocycles. The van der Waals surface area contributed by atoms with Crippen LogP contribution in [-0.2, 0) is 0 Å². The van der Waals surface area contributed by atoms with Gasteiger partial charge in [0.1, 0.15) is 11.5 Å². The molecule has 7 heteroatoms. The van der Waals surface area contributed by atoms with Gasteiger partial charge in [-0.05, 0) is 6.92 Å². The molecule has 0 aromatic carbocycles. The van der Waals surface area contributed by atoms with Crippen LogP contribution in [0.4, 0.5) is 5.13 Å². The zero-order chi connectivity index (χ0) is 13.0. The van der Waals surface area contributed by atoms with Gasteiger partial charge in [-0.15, -0.1) is 11.3 Å². The molecular formula is C11H9N3O2S2. The number of aliphatic hydroxyl groups is 1. The molecule has 0 saturated heterocycles. The Hall–Kier alpha value is -1.75. The Kier molecular flexibility index (Phi) is 4.04. The average Bonchev–Trinajstić information content (AvgIpc) is 2.95. The molecule has 0 fully saturated rings. The molecule has 2 rings (SSSR count). The van der Waals surface area contributed by atoms with E-state index >= 15 is 0 Å². The van der Waals surface area contributed by atoms with Crippen LogP contribution in [0.2, 0.25) is 0 Å². The number of nitrogens with one attached hydrogen (secondary N) is 1. The summed E-state index contributed by atoms with van der Waals surface area (Å²) in [5.41, 5.74) is 2.33. The Balaban J connectivity index is 2.08. The fraction of sp³-hybridized carbons (Fsp3) is 0.182. The summed E-state index contributed by atoms with van der Waals surface area (Å²) >= 11 is 2.55. The molecule has 2 aromatic heterocycles. The van der Waals surface area contributed by atoms with Crippen molar-refractivity contribution in [2.45, 2.75) is 6.92 Å². The Labute approximate surface area is 112 Å². The van der Waals surface area contributed by atoms with Gasteiger partial charge in [-0.25, -0.2) is 9.97 Å². The van der Waals surface area contributed by atoms with Crippen molar-refractivity contribution >= 4 is 33.7 Å². The highest BCUT2D eigenvalue weighted by Gasteiger charge is 2.13. The van der Waals surface area contributed by atoms with Gasteiger partial charge in [0, 0.05) is 0 Å². The molecule has 0 saturated carbocycles. The second-order valence-corrected chi connectivity index (χ2v) is 5.10. The third-order valence-corrected chi connectivity index (χ3v) is 3.72. The standard InChI is InChI=1S/C11H9N3O2S2/c1-7-9(17-6-13-7)10(16)14-11-12-5-8(18-11)3-2-4-15/h5-6,15H,4H2,1H3,(H,12,14,16). The van der Waals surface area contributed by atoms with Crippen molar-refractivity contribution in [3.05, 3.63) is 27.2 Å². The number of nitrogens with zero attached hydrogens (tertiary/aromatic N) is 2. The number of amides is 1. The molecule has 0 radical (unpaired) electrons. The van der Waals surface area contributed by atoms with Crippen LogP contribution in [0.5, 0.6) is 0 Å². The fourth-order valence-corrected chi connectivity index (χ4v) is 2.57. The number of carbonyl (C=O) groups is 1. The molecule has 1 amide bonds. The van der Waals surface area contributed by atoms with Crippen molar-refractivity contribution in [1.29, 1.82) is 0 Å². The van der Waals surface area contributed by atoms with Gasteiger partial charge in [0.05, 0.1) is 22.3 Å². The van der Waals surface area contributed by atoms with E-state index in [1.165, 1.54) is 22.7 Å². The maximum absolute atomic E-state index is 11.9. The lowest BCUT2D eigenvalue weighted by Gasteiger charge is -1.98. The lowest BCUT2D eigenvalue weighted by molar-refractivity contribution is 0.103. The lowest BCUT2D eigenvalue weighted by atomic mass is 10.4. The van der Waals surface area contributed by atoms with Crippen LogP contribution in [0.25, 0.3) is 0 Å². The zero-order valence-corrected chi connectivity index (χ0v) is 11.1. The topological polar surface area (TPSA) is 75.1 Å². The van der Waals surface area contributed by atoms with Crippen LogP contribution >= 0.6 is 22.7 Å². The molecular weight excluding hydrogens is 270 g/mol. The van der Waals surface area contributed by atoms with Gasteiger partial charge in [0.15, 0.2) is 5.13 Å². The highest BCUT2D eigenvalue weighted by molar-refractivity contribution is 7.16. The van der Waals surface area contributed by atoms with Gasteiger partial charge in [-0.3, -0.25) is 10.1 Å². The van der Waals surface area contributed by atoms with E-state index in [0.29, 0.717) is 20.6 Å². The Morgan fingerprint density at radius 2 is 2.39 bits per heavy atom. The molecule has 2 aromatic rings. The molecule has 0 atom stereocenters. The fourth-order valence-electron chi connectivity index (χ4n) is 1.19. The Morgan fingerprint density at radius 1 is 1.56 bits per heavy atom.